The van der Waals surface area contributed by atoms with Crippen molar-refractivity contribution in [2.24, 2.45) is 0 Å². The Balaban J connectivity index is 2.55. The average molecular weight is 329 g/mol. The highest BCUT2D eigenvalue weighted by Gasteiger charge is 2.24. The van der Waals surface area contributed by atoms with Crippen molar-refractivity contribution in [2.45, 2.75) is 6.61 Å². The number of ether oxygens (including phenoxy) is 2. The lowest BCUT2D eigenvalue weighted by Gasteiger charge is -2.23. The van der Waals surface area contributed by atoms with Crippen molar-refractivity contribution in [3.63, 3.8) is 0 Å². The van der Waals surface area contributed by atoms with Crippen molar-refractivity contribution in [2.75, 3.05) is 26.2 Å². The van der Waals surface area contributed by atoms with Crippen molar-refractivity contribution >= 4 is 23.3 Å². The normalized spacial score (nSPS) is 10.2. The molecule has 0 aromatic heterocycles. The highest BCUT2D eigenvalue weighted by Crippen LogP contribution is 2.30. The van der Waals surface area contributed by atoms with E-state index in [1.165, 1.54) is 20.3 Å². The highest BCUT2D eigenvalue weighted by molar-refractivity contribution is 6.07. The summed E-state index contributed by atoms with van der Waals surface area (Å²) < 4.78 is 9.58. The topological polar surface area (TPSA) is 76.1 Å². The number of carbonyl (C=O) groups excluding carboxylic acids is 2. The molecule has 0 spiro atoms. The summed E-state index contributed by atoms with van der Waals surface area (Å²) in [5.74, 6) is -1.23. The van der Waals surface area contributed by atoms with E-state index in [1.54, 1.807) is 36.2 Å². The van der Waals surface area contributed by atoms with Gasteiger partial charge in [-0.15, -0.1) is 0 Å². The Morgan fingerprint density at radius 3 is 2.17 bits per heavy atom. The van der Waals surface area contributed by atoms with E-state index in [-0.39, 0.29) is 17.7 Å². The van der Waals surface area contributed by atoms with Gasteiger partial charge in [-0.3, -0.25) is 0 Å². The van der Waals surface area contributed by atoms with Crippen LogP contribution >= 0.6 is 0 Å². The number of rotatable bonds is 5. The standard InChI is InChI=1S/C18H19NO5/c1-19(13-9-7-12(11-20)8-10-13)15-6-4-5-14(17(21)23-2)16(15)18(22)24-3/h4-10,20H,11H2,1-3H3. The summed E-state index contributed by atoms with van der Waals surface area (Å²) in [7, 11) is 4.29. The Kier molecular flexibility index (Phi) is 5.55. The molecule has 2 rings (SSSR count). The van der Waals surface area contributed by atoms with Crippen LogP contribution in [-0.4, -0.2) is 38.3 Å². The van der Waals surface area contributed by atoms with Crippen LogP contribution in [0.15, 0.2) is 42.5 Å². The first-order valence-electron chi connectivity index (χ1n) is 7.26. The van der Waals surface area contributed by atoms with Gasteiger partial charge in [0, 0.05) is 12.7 Å². The maximum absolute atomic E-state index is 12.2. The van der Waals surface area contributed by atoms with Crippen LogP contribution in [0.3, 0.4) is 0 Å². The molecule has 0 saturated carbocycles. The molecule has 0 amide bonds. The van der Waals surface area contributed by atoms with Crippen LogP contribution in [0.5, 0.6) is 0 Å². The fourth-order valence-electron chi connectivity index (χ4n) is 2.38. The van der Waals surface area contributed by atoms with Gasteiger partial charge in [0.05, 0.1) is 37.6 Å². The minimum Gasteiger partial charge on any atom is -0.465 e. The van der Waals surface area contributed by atoms with E-state index in [0.717, 1.165) is 11.3 Å². The van der Waals surface area contributed by atoms with E-state index in [2.05, 4.69) is 0 Å². The molecule has 1 N–H and O–H groups in total. The molecule has 0 atom stereocenters. The van der Waals surface area contributed by atoms with Crippen LogP contribution in [0, 0.1) is 0 Å². The first kappa shape index (κ1) is 17.5. The molecule has 126 valence electrons. The van der Waals surface area contributed by atoms with Crippen molar-refractivity contribution < 1.29 is 24.2 Å². The molecule has 0 unspecified atom stereocenters. The number of benzene rings is 2. The fraction of sp³-hybridized carbons (Fsp3) is 0.222. The monoisotopic (exact) mass is 329 g/mol. The number of esters is 2. The number of hydrogen-bond donors (Lipinski definition) is 1. The Bertz CT molecular complexity index is 740. The molecular weight excluding hydrogens is 310 g/mol. The minimum absolute atomic E-state index is 0.0464. The quantitative estimate of drug-likeness (QED) is 0.850. The molecular formula is C18H19NO5. The number of nitrogens with zero attached hydrogens (tertiary/aromatic N) is 1. The minimum atomic E-state index is -0.621. The maximum Gasteiger partial charge on any atom is 0.340 e. The first-order chi connectivity index (χ1) is 11.5. The summed E-state index contributed by atoms with van der Waals surface area (Å²) in [4.78, 5) is 26.0. The smallest absolute Gasteiger partial charge is 0.340 e. The van der Waals surface area contributed by atoms with Gasteiger partial charge in [0.25, 0.3) is 0 Å². The van der Waals surface area contributed by atoms with Crippen molar-refractivity contribution in [3.8, 4) is 0 Å². The maximum atomic E-state index is 12.2. The fourth-order valence-corrected chi connectivity index (χ4v) is 2.38. The third-order valence-electron chi connectivity index (χ3n) is 3.70. The molecule has 0 aliphatic carbocycles. The molecule has 0 aliphatic heterocycles. The van der Waals surface area contributed by atoms with Gasteiger partial charge in [0.1, 0.15) is 0 Å². The molecule has 24 heavy (non-hydrogen) atoms. The zero-order chi connectivity index (χ0) is 17.7. The Hall–Kier alpha value is -2.86. The van der Waals surface area contributed by atoms with Crippen LogP contribution in [-0.2, 0) is 16.1 Å². The van der Waals surface area contributed by atoms with Gasteiger partial charge >= 0.3 is 11.9 Å². The number of hydrogen-bond acceptors (Lipinski definition) is 6. The van der Waals surface area contributed by atoms with Gasteiger partial charge < -0.3 is 19.5 Å². The predicted molar refractivity (Wildman–Crippen MR) is 89.5 cm³/mol. The lowest BCUT2D eigenvalue weighted by molar-refractivity contribution is 0.0556. The van der Waals surface area contributed by atoms with Gasteiger partial charge in [0.2, 0.25) is 0 Å². The van der Waals surface area contributed by atoms with E-state index in [4.69, 9.17) is 14.6 Å². The van der Waals surface area contributed by atoms with Gasteiger partial charge in [-0.1, -0.05) is 18.2 Å². The Morgan fingerprint density at radius 1 is 1.00 bits per heavy atom. The molecule has 0 saturated heterocycles. The molecule has 0 fully saturated rings. The van der Waals surface area contributed by atoms with E-state index >= 15 is 0 Å². The zero-order valence-electron chi connectivity index (χ0n) is 13.8. The molecule has 0 bridgehead atoms. The first-order valence-corrected chi connectivity index (χ1v) is 7.26. The number of methoxy groups -OCH3 is 2. The van der Waals surface area contributed by atoms with E-state index in [9.17, 15) is 9.59 Å². The summed E-state index contributed by atoms with van der Waals surface area (Å²) in [5.41, 5.74) is 2.37. The average Bonchev–Trinajstić information content (AvgIpc) is 2.65. The lowest BCUT2D eigenvalue weighted by Crippen LogP contribution is -2.19. The second-order valence-electron chi connectivity index (χ2n) is 5.07. The van der Waals surface area contributed by atoms with E-state index < -0.39 is 11.9 Å². The molecule has 2 aromatic carbocycles. The number of aliphatic hydroxyl groups excluding tert-OH is 1. The van der Waals surface area contributed by atoms with Crippen molar-refractivity contribution in [1.82, 2.24) is 0 Å². The molecule has 2 aromatic rings. The molecule has 6 heteroatoms. The van der Waals surface area contributed by atoms with Gasteiger partial charge in [-0.05, 0) is 29.8 Å². The van der Waals surface area contributed by atoms with Gasteiger partial charge in [-0.2, -0.15) is 0 Å². The summed E-state index contributed by atoms with van der Waals surface area (Å²) in [6, 6.07) is 12.1. The Morgan fingerprint density at radius 2 is 1.62 bits per heavy atom. The highest BCUT2D eigenvalue weighted by atomic mass is 16.5. The molecule has 0 heterocycles. The van der Waals surface area contributed by atoms with Gasteiger partial charge in [-0.25, -0.2) is 9.59 Å². The third-order valence-corrected chi connectivity index (χ3v) is 3.70. The van der Waals surface area contributed by atoms with E-state index in [0.29, 0.717) is 5.69 Å². The number of anilines is 2. The summed E-state index contributed by atoms with van der Waals surface area (Å²) >= 11 is 0. The van der Waals surface area contributed by atoms with Crippen molar-refractivity contribution in [1.29, 1.82) is 0 Å². The van der Waals surface area contributed by atoms with Crippen molar-refractivity contribution in [3.05, 3.63) is 59.2 Å². The SMILES string of the molecule is COC(=O)c1cccc(N(C)c2ccc(CO)cc2)c1C(=O)OC. The lowest BCUT2D eigenvalue weighted by atomic mass is 10.0. The number of aliphatic hydroxyl groups is 1. The van der Waals surface area contributed by atoms with Crippen LogP contribution in [0.4, 0.5) is 11.4 Å². The summed E-state index contributed by atoms with van der Waals surface area (Å²) in [5, 5.41) is 9.13. The second kappa shape index (κ2) is 7.61. The second-order valence-corrected chi connectivity index (χ2v) is 5.07. The largest absolute Gasteiger partial charge is 0.465 e. The molecule has 0 aliphatic rings. The third kappa shape index (κ3) is 3.38. The molecule has 0 radical (unpaired) electrons. The Labute approximate surface area is 140 Å². The summed E-state index contributed by atoms with van der Waals surface area (Å²) in [6.07, 6.45) is 0. The summed E-state index contributed by atoms with van der Waals surface area (Å²) in [6.45, 7) is -0.0464. The van der Waals surface area contributed by atoms with Crippen LogP contribution < -0.4 is 4.90 Å². The van der Waals surface area contributed by atoms with Crippen LogP contribution in [0.25, 0.3) is 0 Å². The number of carbonyl (C=O) groups is 2. The van der Waals surface area contributed by atoms with Gasteiger partial charge in [0.15, 0.2) is 0 Å². The predicted octanol–water partition coefficient (Wildman–Crippen LogP) is 2.52. The van der Waals surface area contributed by atoms with E-state index in [1.807, 2.05) is 12.1 Å². The zero-order valence-corrected chi connectivity index (χ0v) is 13.8. The van der Waals surface area contributed by atoms with Crippen LogP contribution in [0.2, 0.25) is 0 Å². The molecule has 6 nitrogen and oxygen atoms in total. The van der Waals surface area contributed by atoms with Crippen LogP contribution in [0.1, 0.15) is 26.3 Å².